The maximum atomic E-state index is 5.50. The molecule has 0 bridgehead atoms. The Morgan fingerprint density at radius 3 is 2.71 bits per heavy atom. The lowest BCUT2D eigenvalue weighted by atomic mass is 10.2. The van der Waals surface area contributed by atoms with Crippen LogP contribution in [0, 0.1) is 20.8 Å². The van der Waals surface area contributed by atoms with Crippen molar-refractivity contribution in [3.05, 3.63) is 47.1 Å². The lowest BCUT2D eigenvalue weighted by Gasteiger charge is -2.08. The summed E-state index contributed by atoms with van der Waals surface area (Å²) in [5.74, 6) is 0.702. The first-order valence-electron chi connectivity index (χ1n) is 7.35. The molecule has 3 rings (SSSR count). The maximum absolute atomic E-state index is 5.50. The van der Waals surface area contributed by atoms with Crippen molar-refractivity contribution in [3.8, 4) is 0 Å². The summed E-state index contributed by atoms with van der Waals surface area (Å²) in [4.78, 5) is 4.37. The Balaban J connectivity index is 1.79. The SMILES string of the molecule is CCn1c(C)cc(CNc2ccc3oc(C)nc3c2)c1C. The Kier molecular flexibility index (Phi) is 3.45. The molecule has 0 saturated carbocycles. The summed E-state index contributed by atoms with van der Waals surface area (Å²) < 4.78 is 7.83. The highest BCUT2D eigenvalue weighted by molar-refractivity contribution is 5.77. The Bertz CT molecular complexity index is 783. The van der Waals surface area contributed by atoms with E-state index in [1.165, 1.54) is 17.0 Å². The molecule has 4 heteroatoms. The third kappa shape index (κ3) is 2.53. The largest absolute Gasteiger partial charge is 0.441 e. The number of benzene rings is 1. The van der Waals surface area contributed by atoms with Crippen molar-refractivity contribution in [2.24, 2.45) is 0 Å². The van der Waals surface area contributed by atoms with Gasteiger partial charge in [0.2, 0.25) is 0 Å². The van der Waals surface area contributed by atoms with Gasteiger partial charge in [-0.3, -0.25) is 0 Å². The Morgan fingerprint density at radius 1 is 1.19 bits per heavy atom. The number of anilines is 1. The fourth-order valence-electron chi connectivity index (χ4n) is 2.89. The van der Waals surface area contributed by atoms with Gasteiger partial charge in [0.15, 0.2) is 11.5 Å². The van der Waals surface area contributed by atoms with E-state index in [0.717, 1.165) is 29.9 Å². The number of rotatable bonds is 4. The van der Waals surface area contributed by atoms with Gasteiger partial charge in [-0.25, -0.2) is 4.98 Å². The molecular formula is C17H21N3O. The molecule has 4 nitrogen and oxygen atoms in total. The van der Waals surface area contributed by atoms with Gasteiger partial charge < -0.3 is 14.3 Å². The Morgan fingerprint density at radius 2 is 2.00 bits per heavy atom. The van der Waals surface area contributed by atoms with Crippen molar-refractivity contribution in [1.82, 2.24) is 9.55 Å². The standard InChI is InChI=1S/C17H21N3O/c1-5-20-11(2)8-14(12(20)3)10-18-15-6-7-17-16(9-15)19-13(4)21-17/h6-9,18H,5,10H2,1-4H3. The van der Waals surface area contributed by atoms with Gasteiger partial charge in [-0.15, -0.1) is 0 Å². The molecule has 0 unspecified atom stereocenters. The molecule has 21 heavy (non-hydrogen) atoms. The highest BCUT2D eigenvalue weighted by atomic mass is 16.3. The first-order valence-corrected chi connectivity index (χ1v) is 7.35. The third-order valence-corrected chi connectivity index (χ3v) is 3.97. The normalized spacial score (nSPS) is 11.2. The van der Waals surface area contributed by atoms with Gasteiger partial charge in [-0.1, -0.05) is 0 Å². The molecule has 110 valence electrons. The molecule has 3 aromatic rings. The van der Waals surface area contributed by atoms with E-state index in [1.54, 1.807) is 0 Å². The van der Waals surface area contributed by atoms with Crippen LogP contribution in [0.3, 0.4) is 0 Å². The van der Waals surface area contributed by atoms with Crippen molar-refractivity contribution in [3.63, 3.8) is 0 Å². The fourth-order valence-corrected chi connectivity index (χ4v) is 2.89. The van der Waals surface area contributed by atoms with E-state index in [4.69, 9.17) is 4.42 Å². The minimum absolute atomic E-state index is 0.702. The summed E-state index contributed by atoms with van der Waals surface area (Å²) in [5, 5.41) is 3.47. The number of nitrogens with zero attached hydrogens (tertiary/aromatic N) is 2. The summed E-state index contributed by atoms with van der Waals surface area (Å²) in [7, 11) is 0. The van der Waals surface area contributed by atoms with E-state index in [2.05, 4.69) is 41.7 Å². The number of nitrogens with one attached hydrogen (secondary N) is 1. The van der Waals surface area contributed by atoms with Crippen LogP contribution >= 0.6 is 0 Å². The van der Waals surface area contributed by atoms with Crippen molar-refractivity contribution < 1.29 is 4.42 Å². The second-order valence-corrected chi connectivity index (χ2v) is 5.41. The summed E-state index contributed by atoms with van der Waals surface area (Å²) in [6.07, 6.45) is 0. The van der Waals surface area contributed by atoms with E-state index in [1.807, 2.05) is 25.1 Å². The van der Waals surface area contributed by atoms with Gasteiger partial charge in [-0.05, 0) is 50.6 Å². The average Bonchev–Trinajstić information content (AvgIpc) is 2.95. The second kappa shape index (κ2) is 5.28. The second-order valence-electron chi connectivity index (χ2n) is 5.41. The molecule has 2 aromatic heterocycles. The molecule has 0 spiro atoms. The zero-order chi connectivity index (χ0) is 15.0. The van der Waals surface area contributed by atoms with Crippen LogP contribution in [0.15, 0.2) is 28.7 Å². The summed E-state index contributed by atoms with van der Waals surface area (Å²) in [6.45, 7) is 10.2. The zero-order valence-corrected chi connectivity index (χ0v) is 13.0. The number of hydrogen-bond acceptors (Lipinski definition) is 3. The lowest BCUT2D eigenvalue weighted by Crippen LogP contribution is -2.03. The van der Waals surface area contributed by atoms with E-state index >= 15 is 0 Å². The highest BCUT2D eigenvalue weighted by Crippen LogP contribution is 2.21. The van der Waals surface area contributed by atoms with Crippen molar-refractivity contribution in [2.75, 3.05) is 5.32 Å². The summed E-state index contributed by atoms with van der Waals surface area (Å²) >= 11 is 0. The number of hydrogen-bond donors (Lipinski definition) is 1. The summed E-state index contributed by atoms with van der Waals surface area (Å²) in [5.41, 5.74) is 6.79. The van der Waals surface area contributed by atoms with Crippen LogP contribution in [0.2, 0.25) is 0 Å². The molecule has 0 saturated heterocycles. The molecule has 2 heterocycles. The van der Waals surface area contributed by atoms with Gasteiger partial charge >= 0.3 is 0 Å². The number of fused-ring (bicyclic) bond motifs is 1. The van der Waals surface area contributed by atoms with E-state index in [0.29, 0.717) is 5.89 Å². The van der Waals surface area contributed by atoms with E-state index in [-0.39, 0.29) is 0 Å². The molecule has 0 fully saturated rings. The molecule has 0 radical (unpaired) electrons. The van der Waals surface area contributed by atoms with Crippen LogP contribution in [-0.2, 0) is 13.1 Å². The fraction of sp³-hybridized carbons (Fsp3) is 0.353. The highest BCUT2D eigenvalue weighted by Gasteiger charge is 2.08. The number of oxazole rings is 1. The topological polar surface area (TPSA) is 43.0 Å². The van der Waals surface area contributed by atoms with Gasteiger partial charge in [-0.2, -0.15) is 0 Å². The molecule has 0 amide bonds. The van der Waals surface area contributed by atoms with Gasteiger partial charge in [0, 0.05) is 37.1 Å². The average molecular weight is 283 g/mol. The van der Waals surface area contributed by atoms with Crippen LogP contribution in [0.1, 0.15) is 29.8 Å². The lowest BCUT2D eigenvalue weighted by molar-refractivity contribution is 0.561. The molecule has 1 N–H and O–H groups in total. The van der Waals surface area contributed by atoms with Gasteiger partial charge in [0.05, 0.1) is 0 Å². The van der Waals surface area contributed by atoms with Crippen molar-refractivity contribution in [2.45, 2.75) is 40.8 Å². The smallest absolute Gasteiger partial charge is 0.192 e. The van der Waals surface area contributed by atoms with Crippen molar-refractivity contribution >= 4 is 16.8 Å². The predicted molar refractivity (Wildman–Crippen MR) is 85.7 cm³/mol. The molecule has 0 aliphatic carbocycles. The van der Waals surface area contributed by atoms with Crippen LogP contribution in [0.4, 0.5) is 5.69 Å². The van der Waals surface area contributed by atoms with Crippen molar-refractivity contribution in [1.29, 1.82) is 0 Å². The number of aromatic nitrogens is 2. The van der Waals surface area contributed by atoms with Crippen LogP contribution in [0.25, 0.3) is 11.1 Å². The first kappa shape index (κ1) is 13.7. The minimum atomic E-state index is 0.702. The predicted octanol–water partition coefficient (Wildman–Crippen LogP) is 4.19. The molecule has 0 atom stereocenters. The van der Waals surface area contributed by atoms with Crippen LogP contribution < -0.4 is 5.32 Å². The van der Waals surface area contributed by atoms with Gasteiger partial charge in [0.25, 0.3) is 0 Å². The first-order chi connectivity index (χ1) is 10.1. The van der Waals surface area contributed by atoms with Crippen LogP contribution in [0.5, 0.6) is 0 Å². The third-order valence-electron chi connectivity index (χ3n) is 3.97. The molecule has 1 aromatic carbocycles. The van der Waals surface area contributed by atoms with E-state index in [9.17, 15) is 0 Å². The number of aryl methyl sites for hydroxylation is 2. The Hall–Kier alpha value is -2.23. The zero-order valence-electron chi connectivity index (χ0n) is 13.0. The maximum Gasteiger partial charge on any atom is 0.192 e. The molecule has 0 aliphatic heterocycles. The molecule has 0 aliphatic rings. The quantitative estimate of drug-likeness (QED) is 0.781. The molecular weight excluding hydrogens is 262 g/mol. The van der Waals surface area contributed by atoms with Gasteiger partial charge in [0.1, 0.15) is 5.52 Å². The van der Waals surface area contributed by atoms with Crippen LogP contribution in [-0.4, -0.2) is 9.55 Å². The minimum Gasteiger partial charge on any atom is -0.441 e. The Labute approximate surface area is 124 Å². The summed E-state index contributed by atoms with van der Waals surface area (Å²) in [6, 6.07) is 8.29. The monoisotopic (exact) mass is 283 g/mol. The van der Waals surface area contributed by atoms with E-state index < -0.39 is 0 Å².